The lowest BCUT2D eigenvalue weighted by Gasteiger charge is -2.38. The predicted octanol–water partition coefficient (Wildman–Crippen LogP) is 1.70. The molecule has 0 radical (unpaired) electrons. The van der Waals surface area contributed by atoms with Crippen LogP contribution in [0.15, 0.2) is 30.9 Å². The predicted molar refractivity (Wildman–Crippen MR) is 139 cm³/mol. The molecule has 2 bridgehead atoms. The highest BCUT2D eigenvalue weighted by Gasteiger charge is 2.45. The molecule has 6 heterocycles. The summed E-state index contributed by atoms with van der Waals surface area (Å²) in [5.41, 5.74) is 12.7. The molecule has 4 aromatic heterocycles. The van der Waals surface area contributed by atoms with Gasteiger partial charge in [-0.15, -0.1) is 0 Å². The van der Waals surface area contributed by atoms with E-state index in [1.54, 1.807) is 18.5 Å². The maximum absolute atomic E-state index is 13.1. The normalized spacial score (nSPS) is 20.1. The molecule has 2 atom stereocenters. The molecule has 198 valence electrons. The number of rotatable bonds is 5. The third-order valence-electron chi connectivity index (χ3n) is 7.45. The molecule has 39 heavy (non-hydrogen) atoms. The number of hydrogen-bond donors (Lipinski definition) is 3. The van der Waals surface area contributed by atoms with Crippen molar-refractivity contribution in [2.24, 2.45) is 0 Å². The van der Waals surface area contributed by atoms with Crippen LogP contribution in [-0.4, -0.2) is 70.5 Å². The summed E-state index contributed by atoms with van der Waals surface area (Å²) in [7, 11) is 1.48. The summed E-state index contributed by atoms with van der Waals surface area (Å²) in [5.74, 6) is 2.97. The zero-order chi connectivity index (χ0) is 27.1. The lowest BCUT2D eigenvalue weighted by molar-refractivity contribution is 0.0556. The number of hydrogen-bond acceptors (Lipinski definition) is 10. The van der Waals surface area contributed by atoms with Crippen LogP contribution in [0.1, 0.15) is 70.9 Å². The smallest absolute Gasteiger partial charge is 0.291 e. The second-order valence-electron chi connectivity index (χ2n) is 9.70. The van der Waals surface area contributed by atoms with Crippen molar-refractivity contribution in [1.29, 1.82) is 0 Å². The first-order valence-electron chi connectivity index (χ1n) is 12.6. The highest BCUT2D eigenvalue weighted by molar-refractivity contribution is 6.00. The summed E-state index contributed by atoms with van der Waals surface area (Å²) in [4.78, 5) is 46.0. The third kappa shape index (κ3) is 4.24. The maximum atomic E-state index is 13.1. The van der Waals surface area contributed by atoms with Gasteiger partial charge in [0, 0.05) is 41.4 Å². The fourth-order valence-electron chi connectivity index (χ4n) is 5.82. The topological polar surface area (TPSA) is 169 Å². The number of nitrogens with one attached hydrogen (secondary N) is 2. The number of pyridine rings is 1. The SMILES string of the molecule is CONC#Cc1ccc(-c2cnn3c(N)c(C(C)=O)c(C4C[C@H]5CC[C@H](C4)N5C(=O)c4ncn[nH]4)nc23)cn1. The first-order valence-corrected chi connectivity index (χ1v) is 12.6. The third-order valence-corrected chi connectivity index (χ3v) is 7.45. The van der Waals surface area contributed by atoms with Gasteiger partial charge in [0.2, 0.25) is 5.82 Å². The molecule has 13 nitrogen and oxygen atoms in total. The lowest BCUT2D eigenvalue weighted by Crippen LogP contribution is -2.46. The quantitative estimate of drug-likeness (QED) is 0.151. The van der Waals surface area contributed by atoms with Gasteiger partial charge < -0.3 is 10.6 Å². The number of aromatic nitrogens is 7. The van der Waals surface area contributed by atoms with E-state index in [9.17, 15) is 9.59 Å². The number of carbonyl (C=O) groups excluding carboxylic acids is 2. The molecule has 0 aromatic carbocycles. The summed E-state index contributed by atoms with van der Waals surface area (Å²) in [6.45, 7) is 1.49. The van der Waals surface area contributed by atoms with Crippen LogP contribution in [0.4, 0.5) is 5.82 Å². The van der Waals surface area contributed by atoms with Gasteiger partial charge >= 0.3 is 0 Å². The van der Waals surface area contributed by atoms with E-state index >= 15 is 0 Å². The first-order chi connectivity index (χ1) is 19.0. The molecule has 0 saturated carbocycles. The molecule has 0 aliphatic carbocycles. The minimum absolute atomic E-state index is 0.0141. The average molecular weight is 527 g/mol. The Balaban J connectivity index is 1.36. The molecule has 4 N–H and O–H groups in total. The van der Waals surface area contributed by atoms with E-state index < -0.39 is 0 Å². The van der Waals surface area contributed by atoms with Crippen LogP contribution in [0.5, 0.6) is 0 Å². The Labute approximate surface area is 223 Å². The van der Waals surface area contributed by atoms with Gasteiger partial charge in [0.25, 0.3) is 5.91 Å². The number of amides is 1. The van der Waals surface area contributed by atoms with Gasteiger partial charge in [-0.3, -0.25) is 19.5 Å². The van der Waals surface area contributed by atoms with Crippen LogP contribution < -0.4 is 11.2 Å². The molecule has 1 amide bonds. The zero-order valence-electron chi connectivity index (χ0n) is 21.4. The van der Waals surface area contributed by atoms with Crippen LogP contribution in [0, 0.1) is 12.0 Å². The molecule has 2 aliphatic heterocycles. The largest absolute Gasteiger partial charge is 0.383 e. The van der Waals surface area contributed by atoms with Crippen molar-refractivity contribution in [2.75, 3.05) is 12.8 Å². The Morgan fingerprint density at radius 1 is 1.18 bits per heavy atom. The second kappa shape index (κ2) is 9.80. The Hall–Kier alpha value is -4.83. The molecule has 0 spiro atoms. The van der Waals surface area contributed by atoms with E-state index in [4.69, 9.17) is 15.6 Å². The lowest BCUT2D eigenvalue weighted by atomic mass is 9.85. The van der Waals surface area contributed by atoms with Gasteiger partial charge in [-0.2, -0.15) is 14.7 Å². The molecule has 4 aromatic rings. The van der Waals surface area contributed by atoms with Crippen molar-refractivity contribution in [3.63, 3.8) is 0 Å². The van der Waals surface area contributed by atoms with E-state index in [0.717, 1.165) is 24.0 Å². The second-order valence-corrected chi connectivity index (χ2v) is 9.70. The number of Topliss-reactive ketones (excluding diaryl/α,β-unsaturated/α-hetero) is 1. The number of hydroxylamine groups is 1. The monoisotopic (exact) mass is 526 g/mol. The molecule has 13 heteroatoms. The van der Waals surface area contributed by atoms with Gasteiger partial charge in [0.05, 0.1) is 24.6 Å². The van der Waals surface area contributed by atoms with Gasteiger partial charge in [0.1, 0.15) is 17.8 Å². The summed E-state index contributed by atoms with van der Waals surface area (Å²) >= 11 is 0. The van der Waals surface area contributed by atoms with Crippen molar-refractivity contribution in [2.45, 2.75) is 50.6 Å². The Morgan fingerprint density at radius 3 is 2.62 bits per heavy atom. The van der Waals surface area contributed by atoms with Crippen molar-refractivity contribution in [3.8, 4) is 23.1 Å². The van der Waals surface area contributed by atoms with Crippen molar-refractivity contribution >= 4 is 23.2 Å². The molecule has 2 fully saturated rings. The number of ketones is 1. The maximum Gasteiger partial charge on any atom is 0.291 e. The molecule has 0 unspecified atom stereocenters. The standard InChI is InChI=1S/C26H26N10O3/c1-14(37)21-22(16-9-18-5-6-19(10-16)35(18)26(38)24-29-13-30-34-24)33-25-20(12-31-36(25)23(21)27)15-3-4-17(28-11-15)7-8-32-39-2/h3-4,11-13,16,18-19,32H,5-6,9-10,27H2,1-2H3,(H,29,30,34)/t18-,19-/m1/s1. The zero-order valence-corrected chi connectivity index (χ0v) is 21.4. The molecule has 2 saturated heterocycles. The number of nitrogens with two attached hydrogens (primary N) is 1. The summed E-state index contributed by atoms with van der Waals surface area (Å²) < 4.78 is 1.50. The van der Waals surface area contributed by atoms with Crippen molar-refractivity contribution in [1.82, 2.24) is 45.1 Å². The Morgan fingerprint density at radius 2 is 1.97 bits per heavy atom. The van der Waals surface area contributed by atoms with Crippen LogP contribution in [0.25, 0.3) is 16.8 Å². The van der Waals surface area contributed by atoms with Gasteiger partial charge in [-0.1, -0.05) is 0 Å². The van der Waals surface area contributed by atoms with E-state index in [2.05, 4.69) is 42.7 Å². The van der Waals surface area contributed by atoms with E-state index in [-0.39, 0.29) is 41.3 Å². The first kappa shape index (κ1) is 24.5. The van der Waals surface area contributed by atoms with Crippen LogP contribution in [0.2, 0.25) is 0 Å². The number of aromatic amines is 1. The molecular formula is C26H26N10O3. The summed E-state index contributed by atoms with van der Waals surface area (Å²) in [6, 6.07) is 6.33. The summed E-state index contributed by atoms with van der Waals surface area (Å²) in [5, 5.41) is 10.9. The minimum Gasteiger partial charge on any atom is -0.383 e. The van der Waals surface area contributed by atoms with E-state index in [1.165, 1.54) is 24.9 Å². The number of anilines is 1. The van der Waals surface area contributed by atoms with Crippen molar-refractivity contribution in [3.05, 3.63) is 53.6 Å². The fourth-order valence-corrected chi connectivity index (χ4v) is 5.82. The Bertz CT molecular complexity index is 1600. The van der Waals surface area contributed by atoms with Gasteiger partial charge in [-0.05, 0) is 50.7 Å². The number of piperidine rings is 1. The average Bonchev–Trinajstić information content (AvgIpc) is 3.67. The van der Waals surface area contributed by atoms with E-state index in [0.29, 0.717) is 35.4 Å². The highest BCUT2D eigenvalue weighted by Crippen LogP contribution is 2.45. The van der Waals surface area contributed by atoms with Crippen LogP contribution >= 0.6 is 0 Å². The fraction of sp³-hybridized carbons (Fsp3) is 0.346. The Kier molecular flexibility index (Phi) is 6.16. The molecule has 6 rings (SSSR count). The molecular weight excluding hydrogens is 500 g/mol. The number of carbonyl (C=O) groups is 2. The minimum atomic E-state index is -0.171. The summed E-state index contributed by atoms with van der Waals surface area (Å²) in [6.07, 6.45) is 7.81. The number of fused-ring (bicyclic) bond motifs is 3. The van der Waals surface area contributed by atoms with Gasteiger partial charge in [-0.25, -0.2) is 20.4 Å². The number of H-pyrrole nitrogens is 1. The highest BCUT2D eigenvalue weighted by atomic mass is 16.6. The van der Waals surface area contributed by atoms with Crippen LogP contribution in [0.3, 0.4) is 0 Å². The number of nitrogen functional groups attached to an aromatic ring is 1. The molecule has 2 aliphatic rings. The van der Waals surface area contributed by atoms with Gasteiger partial charge in [0.15, 0.2) is 11.4 Å². The van der Waals surface area contributed by atoms with E-state index in [1.807, 2.05) is 11.0 Å². The van der Waals surface area contributed by atoms with Crippen molar-refractivity contribution < 1.29 is 14.4 Å². The van der Waals surface area contributed by atoms with Crippen LogP contribution in [-0.2, 0) is 4.84 Å². The number of nitrogens with zero attached hydrogens (tertiary/aromatic N) is 7.